The van der Waals surface area contributed by atoms with E-state index in [2.05, 4.69) is 10.6 Å². The van der Waals surface area contributed by atoms with Crippen LogP contribution in [0.25, 0.3) is 0 Å². The summed E-state index contributed by atoms with van der Waals surface area (Å²) in [5.41, 5.74) is 6.29. The Morgan fingerprint density at radius 2 is 2.00 bits per heavy atom. The molecule has 1 fully saturated rings. The second-order valence-electron chi connectivity index (χ2n) is 8.54. The first kappa shape index (κ1) is 25.0. The molecule has 2 rings (SSSR count). The predicted molar refractivity (Wildman–Crippen MR) is 123 cm³/mol. The lowest BCUT2D eigenvalue weighted by Gasteiger charge is -2.31. The largest absolute Gasteiger partial charge is 0.444 e. The van der Waals surface area contributed by atoms with Gasteiger partial charge >= 0.3 is 6.09 Å². The summed E-state index contributed by atoms with van der Waals surface area (Å²) in [6.07, 6.45) is 0.566. The molecule has 1 aromatic rings. The Morgan fingerprint density at radius 1 is 1.26 bits per heavy atom. The van der Waals surface area contributed by atoms with E-state index in [4.69, 9.17) is 10.5 Å². The molecular weight excluding hydrogens is 416 g/mol. The van der Waals surface area contributed by atoms with Crippen molar-refractivity contribution in [1.82, 2.24) is 15.5 Å². The number of benzene rings is 1. The van der Waals surface area contributed by atoms with Crippen LogP contribution in [0.1, 0.15) is 56.5 Å². The minimum Gasteiger partial charge on any atom is -0.444 e. The summed E-state index contributed by atoms with van der Waals surface area (Å²) in [5, 5.41) is 5.67. The number of thioether (sulfide) groups is 1. The quantitative estimate of drug-likeness (QED) is 0.561. The van der Waals surface area contributed by atoms with Crippen molar-refractivity contribution in [2.24, 2.45) is 5.73 Å². The van der Waals surface area contributed by atoms with Crippen molar-refractivity contribution < 1.29 is 19.1 Å². The van der Waals surface area contributed by atoms with Crippen LogP contribution in [0.2, 0.25) is 0 Å². The van der Waals surface area contributed by atoms with Crippen molar-refractivity contribution in [3.63, 3.8) is 0 Å². The molecule has 1 aliphatic rings. The molecule has 8 nitrogen and oxygen atoms in total. The van der Waals surface area contributed by atoms with Crippen LogP contribution in [-0.2, 0) is 16.1 Å². The molecule has 1 aromatic carbocycles. The summed E-state index contributed by atoms with van der Waals surface area (Å²) in [6.45, 7) is 8.19. The number of ether oxygens (including phenoxy) is 1. The first-order chi connectivity index (χ1) is 14.6. The van der Waals surface area contributed by atoms with E-state index in [0.717, 1.165) is 17.7 Å². The highest BCUT2D eigenvalue weighted by Gasteiger charge is 2.36. The lowest BCUT2D eigenvalue weighted by atomic mass is 10.0. The van der Waals surface area contributed by atoms with E-state index in [1.165, 1.54) is 0 Å². The summed E-state index contributed by atoms with van der Waals surface area (Å²) in [7, 11) is 0. The molecule has 0 bridgehead atoms. The average Bonchev–Trinajstić information content (AvgIpc) is 3.25. The monoisotopic (exact) mass is 450 g/mol. The van der Waals surface area contributed by atoms with Gasteiger partial charge in [0.25, 0.3) is 5.91 Å². The van der Waals surface area contributed by atoms with Gasteiger partial charge in [-0.25, -0.2) is 4.79 Å². The zero-order valence-electron chi connectivity index (χ0n) is 18.8. The van der Waals surface area contributed by atoms with Gasteiger partial charge in [-0.05, 0) is 44.9 Å². The van der Waals surface area contributed by atoms with Gasteiger partial charge < -0.3 is 26.0 Å². The van der Waals surface area contributed by atoms with Gasteiger partial charge in [0.2, 0.25) is 5.91 Å². The molecule has 0 radical (unpaired) electrons. The molecule has 1 aliphatic heterocycles. The number of nitrogens with one attached hydrogen (secondary N) is 2. The third-order valence-electron chi connectivity index (χ3n) is 4.75. The topological polar surface area (TPSA) is 114 Å². The van der Waals surface area contributed by atoms with Gasteiger partial charge in [-0.2, -0.15) is 0 Å². The third-order valence-corrected chi connectivity index (χ3v) is 5.71. The lowest BCUT2D eigenvalue weighted by Crippen LogP contribution is -2.59. The van der Waals surface area contributed by atoms with E-state index in [-0.39, 0.29) is 11.8 Å². The minimum atomic E-state index is -0.921. The molecule has 2 unspecified atom stereocenters. The van der Waals surface area contributed by atoms with Crippen molar-refractivity contribution >= 4 is 29.7 Å². The van der Waals surface area contributed by atoms with Gasteiger partial charge in [-0.3, -0.25) is 9.59 Å². The normalized spacial score (nSPS) is 15.8. The van der Waals surface area contributed by atoms with Crippen LogP contribution < -0.4 is 16.4 Å². The Labute approximate surface area is 188 Å². The molecule has 0 aromatic heterocycles. The maximum absolute atomic E-state index is 13.3. The standard InChI is InChI=1S/C22H34N4O4S/c1-5-7-17(24-19(27)16-9-6-8-15(12-16)13-23)18(20(28)26-10-11-31-14-26)25-21(29)30-22(2,3)4/h6,8-9,12,17-18H,5,7,10-11,13-14,23H2,1-4H3,(H,24,27)(H,25,29). The van der Waals surface area contributed by atoms with Crippen LogP contribution in [-0.4, -0.2) is 58.7 Å². The number of carbonyl (C=O) groups excluding carboxylic acids is 3. The molecule has 1 heterocycles. The summed E-state index contributed by atoms with van der Waals surface area (Å²) in [6, 6.07) is 5.55. The van der Waals surface area contributed by atoms with Crippen LogP contribution in [0, 0.1) is 0 Å². The van der Waals surface area contributed by atoms with Gasteiger partial charge in [0.05, 0.1) is 11.9 Å². The highest BCUT2D eigenvalue weighted by molar-refractivity contribution is 7.99. The highest BCUT2D eigenvalue weighted by atomic mass is 32.2. The number of nitrogens with zero attached hydrogens (tertiary/aromatic N) is 1. The van der Waals surface area contributed by atoms with Crippen LogP contribution in [0.3, 0.4) is 0 Å². The zero-order valence-corrected chi connectivity index (χ0v) is 19.6. The van der Waals surface area contributed by atoms with Crippen molar-refractivity contribution in [3.8, 4) is 0 Å². The van der Waals surface area contributed by atoms with Crippen molar-refractivity contribution in [2.75, 3.05) is 18.2 Å². The molecule has 0 spiro atoms. The number of alkyl carbamates (subject to hydrolysis) is 1. The van der Waals surface area contributed by atoms with Gasteiger partial charge in [0, 0.05) is 24.4 Å². The second-order valence-corrected chi connectivity index (χ2v) is 9.61. The van der Waals surface area contributed by atoms with E-state index in [1.54, 1.807) is 55.6 Å². The Morgan fingerprint density at radius 3 is 2.58 bits per heavy atom. The predicted octanol–water partition coefficient (Wildman–Crippen LogP) is 2.47. The van der Waals surface area contributed by atoms with E-state index in [1.807, 2.05) is 13.0 Å². The number of nitrogens with two attached hydrogens (primary N) is 1. The molecular formula is C22H34N4O4S. The van der Waals surface area contributed by atoms with Crippen molar-refractivity contribution in [3.05, 3.63) is 35.4 Å². The fourth-order valence-electron chi connectivity index (χ4n) is 3.28. The SMILES string of the molecule is CCCC(NC(=O)c1cccc(CN)c1)C(NC(=O)OC(C)(C)C)C(=O)N1CCSC1. The van der Waals surface area contributed by atoms with Crippen molar-refractivity contribution in [1.29, 1.82) is 0 Å². The molecule has 9 heteroatoms. The molecule has 1 saturated heterocycles. The molecule has 172 valence electrons. The number of amides is 3. The lowest BCUT2D eigenvalue weighted by molar-refractivity contribution is -0.132. The average molecular weight is 451 g/mol. The van der Waals surface area contributed by atoms with Gasteiger partial charge in [-0.15, -0.1) is 11.8 Å². The van der Waals surface area contributed by atoms with Gasteiger partial charge in [-0.1, -0.05) is 25.5 Å². The minimum absolute atomic E-state index is 0.217. The first-order valence-electron chi connectivity index (χ1n) is 10.6. The fourth-order valence-corrected chi connectivity index (χ4v) is 4.23. The summed E-state index contributed by atoms with van der Waals surface area (Å²) < 4.78 is 5.38. The van der Waals surface area contributed by atoms with Crippen LogP contribution in [0.4, 0.5) is 4.79 Å². The van der Waals surface area contributed by atoms with Crippen LogP contribution in [0.5, 0.6) is 0 Å². The van der Waals surface area contributed by atoms with Crippen LogP contribution >= 0.6 is 11.8 Å². The summed E-state index contributed by atoms with van der Waals surface area (Å²) in [4.78, 5) is 40.4. The zero-order chi connectivity index (χ0) is 23.0. The molecule has 31 heavy (non-hydrogen) atoms. The van der Waals surface area contributed by atoms with Gasteiger partial charge in [0.15, 0.2) is 0 Å². The first-order valence-corrected chi connectivity index (χ1v) is 11.8. The number of hydrogen-bond acceptors (Lipinski definition) is 6. The maximum atomic E-state index is 13.3. The maximum Gasteiger partial charge on any atom is 0.408 e. The molecule has 3 amide bonds. The molecule has 0 saturated carbocycles. The molecule has 0 aliphatic carbocycles. The number of hydrogen-bond donors (Lipinski definition) is 3. The fraction of sp³-hybridized carbons (Fsp3) is 0.591. The van der Waals surface area contributed by atoms with E-state index in [0.29, 0.717) is 31.0 Å². The van der Waals surface area contributed by atoms with Crippen LogP contribution in [0.15, 0.2) is 24.3 Å². The number of rotatable bonds is 8. The van der Waals surface area contributed by atoms with E-state index in [9.17, 15) is 14.4 Å². The summed E-state index contributed by atoms with van der Waals surface area (Å²) in [5.74, 6) is 0.886. The van der Waals surface area contributed by atoms with E-state index >= 15 is 0 Å². The number of carbonyl (C=O) groups is 3. The Bertz CT molecular complexity index is 775. The third kappa shape index (κ3) is 7.74. The van der Waals surface area contributed by atoms with Gasteiger partial charge in [0.1, 0.15) is 11.6 Å². The van der Waals surface area contributed by atoms with Crippen molar-refractivity contribution in [2.45, 2.75) is 64.8 Å². The van der Waals surface area contributed by atoms with E-state index < -0.39 is 23.8 Å². The highest BCUT2D eigenvalue weighted by Crippen LogP contribution is 2.18. The molecule has 2 atom stereocenters. The summed E-state index contributed by atoms with van der Waals surface area (Å²) >= 11 is 1.66. The second kappa shape index (κ2) is 11.4. The smallest absolute Gasteiger partial charge is 0.408 e. The Kier molecular flexibility index (Phi) is 9.18. The Hall–Kier alpha value is -2.26. The Balaban J connectivity index is 2.25. The molecule has 4 N–H and O–H groups in total.